The van der Waals surface area contributed by atoms with Crippen LogP contribution in [0, 0.1) is 11.8 Å². The Bertz CT molecular complexity index is 3820. The van der Waals surface area contributed by atoms with E-state index in [2.05, 4.69) is 85.0 Å². The number of imide groups is 1. The molecule has 0 unspecified atom stereocenters. The monoisotopic (exact) mass is 1630 g/mol. The number of β-lactam (4-membered cyclic amide) rings is 4. The summed E-state index contributed by atoms with van der Waals surface area (Å²) in [6.45, 7) is 0. The molecule has 8 rings (SSSR count). The van der Waals surface area contributed by atoms with Crippen LogP contribution in [-0.4, -0.2) is 263 Å². The number of nitrogen functional groups attached to an aromatic ring is 3. The number of hydrogen-bond donors (Lipinski definition) is 7. The van der Waals surface area contributed by atoms with Crippen molar-refractivity contribution >= 4 is 201 Å². The first kappa shape index (κ1) is 89.8. The summed E-state index contributed by atoms with van der Waals surface area (Å²) in [7, 11) is 3.91. The van der Waals surface area contributed by atoms with E-state index in [1.165, 1.54) is 104 Å². The van der Waals surface area contributed by atoms with E-state index in [0.717, 1.165) is 45.8 Å². The number of rotatable bonds is 32. The number of methoxy groups -OCH3 is 4. The molecule has 5 saturated heterocycles. The number of ketones is 2. The molecule has 0 bridgehead atoms. The number of hydrogen-bond acceptors (Lipinski definition) is 42. The van der Waals surface area contributed by atoms with Crippen molar-refractivity contribution in [1.82, 2.24) is 40.3 Å². The molecule has 8 heterocycles. The van der Waals surface area contributed by atoms with E-state index in [1.54, 1.807) is 0 Å². The maximum Gasteiger partial charge on any atom is 1.00 e. The smallest absolute Gasteiger partial charge is 0.731 e. The van der Waals surface area contributed by atoms with E-state index in [-0.39, 0.29) is 189 Å². The Morgan fingerprint density at radius 1 is 0.602 bits per heavy atom. The third-order valence-corrected chi connectivity index (χ3v) is 21.0. The van der Waals surface area contributed by atoms with Gasteiger partial charge in [-0.25, -0.2) is 32.5 Å². The van der Waals surface area contributed by atoms with Crippen LogP contribution in [0.5, 0.6) is 0 Å². The Morgan fingerprint density at radius 2 is 0.981 bits per heavy atom. The van der Waals surface area contributed by atoms with Crippen molar-refractivity contribution in [1.29, 1.82) is 0 Å². The summed E-state index contributed by atoms with van der Waals surface area (Å²) in [6, 6.07) is -2.48. The standard InChI is InChI=1S/C14H18N4O8S3.C14H18N4O5S2.C10H10N4O5S.C7H10N4O3S.C7H12N2O3S.K.3H2/c1-25-11(20)6-27-5-8-7(13(21)18(8)29(22,23)24)3-9(19)12(17-26-2)10-4-16-14(15)28-10;1-22-11(20)6-24-5-8-7(13(21)17-8)3-9(19)12(18-23-2)10-4-16-14(15)25-10;1-18-13-8(5-4-12-10(11)20-5)9(17)19-14-6(15)2-3-7(14)16;1-14-5(12)3-15-2-4-6(10-11-8)7(13)9-4;1-12-5(10)3-13-2-4-6(8)7(11)9-4;;;;/h4,7-8H,3,5-6H2,1-2H3,(H2,15,16)(H,22,23,24);4,7-8H,3,5-6H2,1-2H3,(H2,15,16)(H,17,21);4H,2-3H2,1H3,(H2,11,12);4,6H,2-3H2,1H3,(H,9,13);4,6H,2-3,8H2,1H3,(H,9,11);;3*1H/q;;;;;+1;;;/p-1/b17-12+;18-12+;13-8-;;;;;;/t2*7-,8-;;2*4-,6-;;;;/m00.00..../s1. The minimum atomic E-state index is -5.06. The topological polar surface area (TPSA) is 624 Å². The zero-order valence-electron chi connectivity index (χ0n) is 55.6. The number of nitrogens with one attached hydrogen (secondary N) is 3. The van der Waals surface area contributed by atoms with Crippen LogP contribution in [0.2, 0.25) is 0 Å². The first-order chi connectivity index (χ1) is 48.4. The number of ether oxygens (including phenoxy) is 4. The first-order valence-corrected chi connectivity index (χ1v) is 37.1. The third kappa shape index (κ3) is 27.9. The number of azide groups is 1. The van der Waals surface area contributed by atoms with Crippen LogP contribution in [0.3, 0.4) is 0 Å². The number of hydroxylamine groups is 2. The van der Waals surface area contributed by atoms with Crippen LogP contribution >= 0.6 is 81.1 Å². The van der Waals surface area contributed by atoms with Crippen molar-refractivity contribution in [3.05, 3.63) is 43.7 Å². The molecule has 0 spiro atoms. The number of Topliss-reactive ketones (excluding diaryl/α,β-unsaturated/α-hetero) is 2. The van der Waals surface area contributed by atoms with Crippen LogP contribution < -0.4 is 90.3 Å². The van der Waals surface area contributed by atoms with E-state index in [0.29, 0.717) is 47.8 Å². The van der Waals surface area contributed by atoms with E-state index < -0.39 is 82.1 Å². The number of aromatic nitrogens is 3. The Labute approximate surface area is 661 Å². The average Bonchev–Trinajstić information content (AvgIpc) is 0.796. The summed E-state index contributed by atoms with van der Waals surface area (Å²) in [4.78, 5) is 183. The summed E-state index contributed by atoms with van der Waals surface area (Å²) in [5.74, 6) is -5.39. The van der Waals surface area contributed by atoms with Crippen molar-refractivity contribution in [2.75, 3.05) is 113 Å². The van der Waals surface area contributed by atoms with Crippen LogP contribution in [0.15, 0.2) is 39.2 Å². The number of esters is 4. The van der Waals surface area contributed by atoms with Crippen molar-refractivity contribution in [2.24, 2.45) is 38.2 Å². The summed E-state index contributed by atoms with van der Waals surface area (Å²) in [6.07, 6.45) is 3.68. The summed E-state index contributed by atoms with van der Waals surface area (Å²) in [5, 5.41) is 23.4. The Kier molecular flexibility index (Phi) is 39.3. The van der Waals surface area contributed by atoms with E-state index >= 15 is 0 Å². The predicted octanol–water partition coefficient (Wildman–Crippen LogP) is -4.50. The van der Waals surface area contributed by atoms with Gasteiger partial charge in [0, 0.05) is 76.3 Å². The Hall–Kier alpha value is -7.37. The van der Waals surface area contributed by atoms with Gasteiger partial charge in [0.25, 0.3) is 11.8 Å². The molecule has 8 atom stereocenters. The molecule has 0 radical (unpaired) electrons. The number of nitrogens with zero attached hydrogens (tertiary/aromatic N) is 11. The van der Waals surface area contributed by atoms with Gasteiger partial charge in [0.05, 0.1) is 102 Å². The molecular formula is C52H73KN18O24S8. The maximum atomic E-state index is 12.7. The van der Waals surface area contributed by atoms with E-state index in [4.69, 9.17) is 38.1 Å². The van der Waals surface area contributed by atoms with Crippen molar-refractivity contribution in [3.63, 3.8) is 0 Å². The molecule has 0 aliphatic carbocycles. The quantitative estimate of drug-likeness (QED) is 0.00265. The van der Waals surface area contributed by atoms with Gasteiger partial charge in [0.15, 0.2) is 48.7 Å². The van der Waals surface area contributed by atoms with Gasteiger partial charge >= 0.3 is 81.2 Å². The second-order valence-corrected chi connectivity index (χ2v) is 28.6. The molecule has 5 aliphatic rings. The van der Waals surface area contributed by atoms with Gasteiger partial charge in [0.1, 0.15) is 33.4 Å². The predicted molar refractivity (Wildman–Crippen MR) is 374 cm³/mol. The fourth-order valence-electron chi connectivity index (χ4n) is 8.28. The zero-order chi connectivity index (χ0) is 76.0. The van der Waals surface area contributed by atoms with Crippen molar-refractivity contribution in [3.8, 4) is 0 Å². The molecule has 0 aromatic carbocycles. The summed E-state index contributed by atoms with van der Waals surface area (Å²) < 4.78 is 52.3. The SMILES string of the molecule is CO/N=C(\C(=O)C[C@@H]1C(=O)N(S(=O)(=O)[O-])[C@H]1CSCC(=O)OC)c1cnc(N)s1.CO/N=C(\C(=O)C[C@@H]1C(=O)N[C@H]1CSCC(=O)OC)c1cnc(N)s1.CO/N=C(\C(=O)ON1C(=O)CCC1=O)c1cnc(N)s1.COC(=O)CSC[C@@H]1NC(=O)[C@H]1N.COC(=O)CSC[C@@H]1NC(=O)[C@H]1N=[N+]=[N-].[HH].[HH].[HH].[K+]. The molecule has 6 amide bonds. The van der Waals surface area contributed by atoms with Crippen LogP contribution in [0.25, 0.3) is 10.4 Å². The summed E-state index contributed by atoms with van der Waals surface area (Å²) in [5.41, 5.74) is 30.0. The minimum Gasteiger partial charge on any atom is -0.731 e. The number of carbonyl (C=O) groups excluding carboxylic acids is 13. The number of anilines is 3. The first-order valence-electron chi connectivity index (χ1n) is 28.6. The Balaban J connectivity index is 0.00000132. The van der Waals surface area contributed by atoms with Crippen molar-refractivity contribution < 1.29 is 169 Å². The molecule has 5 fully saturated rings. The van der Waals surface area contributed by atoms with Gasteiger partial charge in [-0.15, -0.1) is 52.1 Å². The number of thioether (sulfide) groups is 4. The maximum absolute atomic E-state index is 12.7. The van der Waals surface area contributed by atoms with Gasteiger partial charge in [-0.3, -0.25) is 57.5 Å². The molecule has 3 aromatic rings. The molecule has 5 aliphatic heterocycles. The van der Waals surface area contributed by atoms with Gasteiger partial charge in [0.2, 0.25) is 29.3 Å². The van der Waals surface area contributed by atoms with Gasteiger partial charge < -0.3 is 81.7 Å². The molecule has 51 heteroatoms. The van der Waals surface area contributed by atoms with Gasteiger partial charge in [-0.1, -0.05) is 54.6 Å². The number of carbonyl (C=O) groups is 13. The van der Waals surface area contributed by atoms with E-state index in [9.17, 15) is 75.3 Å². The van der Waals surface area contributed by atoms with Gasteiger partial charge in [-0.2, -0.15) is 0 Å². The third-order valence-electron chi connectivity index (χ3n) is 13.4. The average molecular weight is 1630 g/mol. The van der Waals surface area contributed by atoms with Crippen LogP contribution in [0.4, 0.5) is 15.4 Å². The molecular weight excluding hydrogens is 1560 g/mol. The number of amides is 6. The zero-order valence-corrected chi connectivity index (χ0v) is 65.3. The second kappa shape index (κ2) is 45.1. The molecule has 3 aromatic heterocycles. The number of thiazole rings is 3. The van der Waals surface area contributed by atoms with Gasteiger partial charge in [-0.05, 0) is 5.53 Å². The molecule has 11 N–H and O–H groups in total. The molecule has 564 valence electrons. The largest absolute Gasteiger partial charge is 1.00 e. The Morgan fingerprint density at radius 3 is 1.34 bits per heavy atom. The van der Waals surface area contributed by atoms with Crippen molar-refractivity contribution in [2.45, 2.75) is 61.9 Å². The fourth-order valence-corrected chi connectivity index (χ4v) is 15.2. The summed E-state index contributed by atoms with van der Waals surface area (Å²) >= 11 is 8.14. The molecule has 42 nitrogen and oxygen atoms in total. The molecule has 103 heavy (non-hydrogen) atoms. The fraction of sp³-hybridized carbons (Fsp3) is 0.519. The number of oxime groups is 3. The minimum absolute atomic E-state index is 0. The second-order valence-electron chi connectivity index (χ2n) is 20.0. The number of nitrogens with two attached hydrogens (primary N) is 4. The normalized spacial score (nSPS) is 20.1. The van der Waals surface area contributed by atoms with Crippen LogP contribution in [-0.2, 0) is 111 Å². The molecule has 0 saturated carbocycles. The van der Waals surface area contributed by atoms with Crippen LogP contribution in [0.1, 0.15) is 44.6 Å². The van der Waals surface area contributed by atoms with E-state index in [1.807, 2.05) is 0 Å².